The van der Waals surface area contributed by atoms with E-state index in [0.717, 1.165) is 19.5 Å². The molecule has 3 rings (SSSR count). The molecule has 2 heterocycles. The van der Waals surface area contributed by atoms with Crippen LogP contribution in [0.5, 0.6) is 0 Å². The Labute approximate surface area is 126 Å². The minimum Gasteiger partial charge on any atom is -0.379 e. The Kier molecular flexibility index (Phi) is 4.05. The Balaban J connectivity index is 1.87. The Morgan fingerprint density at radius 3 is 2.57 bits per heavy atom. The van der Waals surface area contributed by atoms with Gasteiger partial charge in [0.05, 0.1) is 18.1 Å². The number of rotatable bonds is 2. The minimum absolute atomic E-state index is 0.0624. The summed E-state index contributed by atoms with van der Waals surface area (Å²) in [6, 6.07) is 8.68. The number of benzene rings is 1. The average Bonchev–Trinajstić information content (AvgIpc) is 2.71. The Bertz CT molecular complexity index is 590. The van der Waals surface area contributed by atoms with Gasteiger partial charge in [-0.2, -0.15) is 4.31 Å². The van der Waals surface area contributed by atoms with Crippen molar-refractivity contribution in [2.45, 2.75) is 11.3 Å². The number of hydrogen-bond acceptors (Lipinski definition) is 4. The lowest BCUT2D eigenvalue weighted by atomic mass is 9.88. The van der Waals surface area contributed by atoms with Crippen LogP contribution in [0.3, 0.4) is 0 Å². The molecule has 2 saturated heterocycles. The molecule has 21 heavy (non-hydrogen) atoms. The van der Waals surface area contributed by atoms with Gasteiger partial charge in [-0.3, -0.25) is 0 Å². The zero-order valence-corrected chi connectivity index (χ0v) is 13.2. The van der Waals surface area contributed by atoms with Gasteiger partial charge in [0.15, 0.2) is 0 Å². The summed E-state index contributed by atoms with van der Waals surface area (Å²) >= 11 is 0. The third kappa shape index (κ3) is 2.99. The summed E-state index contributed by atoms with van der Waals surface area (Å²) < 4.78 is 33.0. The zero-order valence-electron chi connectivity index (χ0n) is 12.4. The van der Waals surface area contributed by atoms with E-state index >= 15 is 0 Å². The molecule has 1 unspecified atom stereocenters. The molecule has 0 amide bonds. The van der Waals surface area contributed by atoms with Crippen molar-refractivity contribution < 1.29 is 13.2 Å². The van der Waals surface area contributed by atoms with Crippen LogP contribution in [0.1, 0.15) is 6.42 Å². The van der Waals surface area contributed by atoms with Crippen LogP contribution in [-0.2, 0) is 14.8 Å². The molecule has 0 aromatic heterocycles. The summed E-state index contributed by atoms with van der Waals surface area (Å²) in [5, 5.41) is 0. The topological polar surface area (TPSA) is 49.9 Å². The standard InChI is InChI=1S/C15H22N2O3S/c1-16-8-7-15(11-16)12-17(9-10-20-13-15)21(18,19)14-5-3-2-4-6-14/h2-6H,7-13H2,1H3. The maximum absolute atomic E-state index is 12.8. The van der Waals surface area contributed by atoms with Gasteiger partial charge in [0, 0.05) is 25.0 Å². The number of nitrogens with zero attached hydrogens (tertiary/aromatic N) is 2. The van der Waals surface area contributed by atoms with E-state index in [9.17, 15) is 8.42 Å². The van der Waals surface area contributed by atoms with Gasteiger partial charge in [-0.1, -0.05) is 18.2 Å². The largest absolute Gasteiger partial charge is 0.379 e. The molecule has 2 fully saturated rings. The lowest BCUT2D eigenvalue weighted by Gasteiger charge is -2.31. The summed E-state index contributed by atoms with van der Waals surface area (Å²) in [6.07, 6.45) is 0.990. The van der Waals surface area contributed by atoms with E-state index in [2.05, 4.69) is 11.9 Å². The monoisotopic (exact) mass is 310 g/mol. The van der Waals surface area contributed by atoms with Gasteiger partial charge in [0.25, 0.3) is 0 Å². The summed E-state index contributed by atoms with van der Waals surface area (Å²) in [6.45, 7) is 4.00. The van der Waals surface area contributed by atoms with Crippen LogP contribution in [0.4, 0.5) is 0 Å². The highest BCUT2D eigenvalue weighted by Gasteiger charge is 2.42. The molecular formula is C15H22N2O3S. The highest BCUT2D eigenvalue weighted by Crippen LogP contribution is 2.34. The van der Waals surface area contributed by atoms with E-state index in [1.165, 1.54) is 0 Å². The van der Waals surface area contributed by atoms with Crippen LogP contribution in [0.25, 0.3) is 0 Å². The van der Waals surface area contributed by atoms with Crippen LogP contribution in [0, 0.1) is 5.41 Å². The normalized spacial score (nSPS) is 28.8. The molecule has 0 saturated carbocycles. The maximum Gasteiger partial charge on any atom is 0.243 e. The zero-order chi connectivity index (χ0) is 14.9. The molecule has 0 aliphatic carbocycles. The molecule has 0 bridgehead atoms. The van der Waals surface area contributed by atoms with E-state index in [4.69, 9.17) is 4.74 Å². The first-order valence-corrected chi connectivity index (χ1v) is 8.77. The Hall–Kier alpha value is -0.950. The summed E-state index contributed by atoms with van der Waals surface area (Å²) in [5.41, 5.74) is -0.0624. The smallest absolute Gasteiger partial charge is 0.243 e. The lowest BCUT2D eigenvalue weighted by Crippen LogP contribution is -2.43. The van der Waals surface area contributed by atoms with Crippen molar-refractivity contribution in [1.29, 1.82) is 0 Å². The van der Waals surface area contributed by atoms with Gasteiger partial charge < -0.3 is 9.64 Å². The van der Waals surface area contributed by atoms with E-state index in [1.54, 1.807) is 28.6 Å². The fourth-order valence-corrected chi connectivity index (χ4v) is 4.86. The van der Waals surface area contributed by atoms with E-state index < -0.39 is 10.0 Å². The molecule has 116 valence electrons. The summed E-state index contributed by atoms with van der Waals surface area (Å²) in [5.74, 6) is 0. The average molecular weight is 310 g/mol. The maximum atomic E-state index is 12.8. The second-order valence-electron chi connectivity index (χ2n) is 6.19. The fourth-order valence-electron chi connectivity index (χ4n) is 3.31. The highest BCUT2D eigenvalue weighted by atomic mass is 32.2. The van der Waals surface area contributed by atoms with Crippen LogP contribution in [0.2, 0.25) is 0 Å². The molecule has 0 N–H and O–H groups in total. The first-order valence-electron chi connectivity index (χ1n) is 7.33. The van der Waals surface area contributed by atoms with Crippen molar-refractivity contribution in [3.63, 3.8) is 0 Å². The van der Waals surface area contributed by atoms with Crippen LogP contribution in [0.15, 0.2) is 35.2 Å². The molecule has 1 spiro atoms. The van der Waals surface area contributed by atoms with E-state index in [0.29, 0.717) is 31.2 Å². The molecular weight excluding hydrogens is 288 g/mol. The van der Waals surface area contributed by atoms with Gasteiger partial charge in [-0.05, 0) is 32.1 Å². The van der Waals surface area contributed by atoms with Crippen molar-refractivity contribution >= 4 is 10.0 Å². The Morgan fingerprint density at radius 1 is 1.14 bits per heavy atom. The summed E-state index contributed by atoms with van der Waals surface area (Å²) in [4.78, 5) is 2.62. The van der Waals surface area contributed by atoms with Crippen LogP contribution in [-0.4, -0.2) is 64.1 Å². The number of sulfonamides is 1. The second kappa shape index (κ2) is 5.68. The molecule has 0 radical (unpaired) electrons. The first kappa shape index (κ1) is 15.0. The third-order valence-corrected chi connectivity index (χ3v) is 6.27. The van der Waals surface area contributed by atoms with E-state index in [-0.39, 0.29) is 5.41 Å². The van der Waals surface area contributed by atoms with E-state index in [1.807, 2.05) is 6.07 Å². The molecule has 1 aromatic carbocycles. The van der Waals surface area contributed by atoms with Gasteiger partial charge in [-0.15, -0.1) is 0 Å². The fraction of sp³-hybridized carbons (Fsp3) is 0.600. The first-order chi connectivity index (χ1) is 10.0. The Morgan fingerprint density at radius 2 is 1.90 bits per heavy atom. The van der Waals surface area contributed by atoms with Crippen molar-refractivity contribution in [3.05, 3.63) is 30.3 Å². The molecule has 1 aromatic rings. The predicted molar refractivity (Wildman–Crippen MR) is 80.6 cm³/mol. The molecule has 5 nitrogen and oxygen atoms in total. The predicted octanol–water partition coefficient (Wildman–Crippen LogP) is 1.03. The van der Waals surface area contributed by atoms with Crippen molar-refractivity contribution in [1.82, 2.24) is 9.21 Å². The van der Waals surface area contributed by atoms with Gasteiger partial charge in [-0.25, -0.2) is 8.42 Å². The number of hydrogen-bond donors (Lipinski definition) is 0. The van der Waals surface area contributed by atoms with Gasteiger partial charge >= 0.3 is 0 Å². The van der Waals surface area contributed by atoms with Crippen LogP contribution >= 0.6 is 0 Å². The summed E-state index contributed by atoms with van der Waals surface area (Å²) in [7, 11) is -1.35. The quantitative estimate of drug-likeness (QED) is 0.819. The van der Waals surface area contributed by atoms with Crippen LogP contribution < -0.4 is 0 Å². The highest BCUT2D eigenvalue weighted by molar-refractivity contribution is 7.89. The van der Waals surface area contributed by atoms with Crippen molar-refractivity contribution in [3.8, 4) is 0 Å². The molecule has 2 aliphatic heterocycles. The van der Waals surface area contributed by atoms with Gasteiger partial charge in [0.1, 0.15) is 0 Å². The SMILES string of the molecule is CN1CCC2(COCCN(S(=O)(=O)c3ccccc3)C2)C1. The minimum atomic E-state index is -3.43. The molecule has 2 aliphatic rings. The second-order valence-corrected chi connectivity index (χ2v) is 8.13. The molecule has 6 heteroatoms. The van der Waals surface area contributed by atoms with Gasteiger partial charge in [0.2, 0.25) is 10.0 Å². The number of ether oxygens (including phenoxy) is 1. The van der Waals surface area contributed by atoms with Crippen molar-refractivity contribution in [2.24, 2.45) is 5.41 Å². The van der Waals surface area contributed by atoms with Crippen molar-refractivity contribution in [2.75, 3.05) is 46.4 Å². The number of likely N-dealkylation sites (tertiary alicyclic amines) is 1. The molecule has 1 atom stereocenters. The third-order valence-electron chi connectivity index (χ3n) is 4.42. The lowest BCUT2D eigenvalue weighted by molar-refractivity contribution is 0.0744.